The second-order valence-electron chi connectivity index (χ2n) is 14.4. The number of thiophene rings is 1. The fourth-order valence-electron chi connectivity index (χ4n) is 8.36. The van der Waals surface area contributed by atoms with Gasteiger partial charge in [0.25, 0.3) is 0 Å². The molecule has 2 nitrogen and oxygen atoms in total. The number of para-hydroxylation sites is 2. The van der Waals surface area contributed by atoms with Crippen molar-refractivity contribution in [2.24, 2.45) is 0 Å². The molecule has 11 aromatic rings. The first-order valence-electron chi connectivity index (χ1n) is 19.3. The van der Waals surface area contributed by atoms with Gasteiger partial charge >= 0.3 is 0 Å². The van der Waals surface area contributed by atoms with Gasteiger partial charge in [0.2, 0.25) is 0 Å². The van der Waals surface area contributed by atoms with Crippen molar-refractivity contribution >= 4 is 70.5 Å². The van der Waals surface area contributed by atoms with Crippen LogP contribution in [0, 0.1) is 0 Å². The molecule has 0 atom stereocenters. The van der Waals surface area contributed by atoms with E-state index in [-0.39, 0.29) is 0 Å². The summed E-state index contributed by atoms with van der Waals surface area (Å²) in [5.41, 5.74) is 14.5. The highest BCUT2D eigenvalue weighted by molar-refractivity contribution is 7.26. The lowest BCUT2D eigenvalue weighted by molar-refractivity contribution is 0.670. The summed E-state index contributed by atoms with van der Waals surface area (Å²) < 4.78 is 9.12. The van der Waals surface area contributed by atoms with E-state index in [2.05, 4.69) is 205 Å². The Balaban J connectivity index is 0.991. The van der Waals surface area contributed by atoms with Crippen LogP contribution in [0.3, 0.4) is 0 Å². The SMILES string of the molecule is c1ccc(-c2ccc(N(c3ccc(-c4ccccc4-c4cccc5c4oc4ccccc45)cc3)c3ccc(-c4cccc5c4sc4ccccc45)cc3)cc2)cc1. The van der Waals surface area contributed by atoms with Crippen LogP contribution in [-0.4, -0.2) is 0 Å². The number of rotatable bonds is 7. The van der Waals surface area contributed by atoms with Crippen molar-refractivity contribution in [3.8, 4) is 44.5 Å². The summed E-state index contributed by atoms with van der Waals surface area (Å²) in [5, 5.41) is 4.90. The molecule has 2 heterocycles. The van der Waals surface area contributed by atoms with Crippen molar-refractivity contribution in [2.45, 2.75) is 0 Å². The average Bonchev–Trinajstić information content (AvgIpc) is 3.87. The Morgan fingerprint density at radius 3 is 1.53 bits per heavy atom. The zero-order valence-electron chi connectivity index (χ0n) is 31.0. The van der Waals surface area contributed by atoms with E-state index in [0.29, 0.717) is 0 Å². The molecule has 0 spiro atoms. The van der Waals surface area contributed by atoms with E-state index in [4.69, 9.17) is 4.42 Å². The zero-order chi connectivity index (χ0) is 37.7. The summed E-state index contributed by atoms with van der Waals surface area (Å²) in [7, 11) is 0. The number of hydrogen-bond donors (Lipinski definition) is 0. The van der Waals surface area contributed by atoms with E-state index < -0.39 is 0 Å². The standard InChI is InChI=1S/C54H35NOS/c1-2-12-36(13-3-1)37-24-30-40(31-25-37)55(42-34-28-39(29-35-42)44-18-10-21-50-47-17-7-9-23-52(47)57-54(44)50)41-32-26-38(27-33-41)43-14-4-5-15-45(43)48-19-11-20-49-46-16-6-8-22-51(46)56-53(48)49/h1-35H. The second-order valence-corrected chi connectivity index (χ2v) is 15.5. The first kappa shape index (κ1) is 33.2. The van der Waals surface area contributed by atoms with Gasteiger partial charge in [0.05, 0.1) is 0 Å². The van der Waals surface area contributed by atoms with Gasteiger partial charge in [-0.1, -0.05) is 164 Å². The smallest absolute Gasteiger partial charge is 0.143 e. The van der Waals surface area contributed by atoms with E-state index in [1.54, 1.807) is 0 Å². The summed E-state index contributed by atoms with van der Waals surface area (Å²) in [5.74, 6) is 0. The van der Waals surface area contributed by atoms with Gasteiger partial charge in [0.15, 0.2) is 0 Å². The monoisotopic (exact) mass is 745 g/mol. The van der Waals surface area contributed by atoms with Crippen LogP contribution < -0.4 is 4.90 Å². The molecule has 0 aliphatic carbocycles. The molecule has 0 unspecified atom stereocenters. The number of nitrogens with zero attached hydrogens (tertiary/aromatic N) is 1. The lowest BCUT2D eigenvalue weighted by atomic mass is 9.93. The Morgan fingerprint density at radius 1 is 0.316 bits per heavy atom. The van der Waals surface area contributed by atoms with Gasteiger partial charge in [-0.3, -0.25) is 0 Å². The lowest BCUT2D eigenvalue weighted by Crippen LogP contribution is -2.09. The van der Waals surface area contributed by atoms with Crippen molar-refractivity contribution in [3.05, 3.63) is 212 Å². The molecule has 0 aliphatic rings. The van der Waals surface area contributed by atoms with Gasteiger partial charge in [0.1, 0.15) is 11.2 Å². The van der Waals surface area contributed by atoms with Crippen LogP contribution in [-0.2, 0) is 0 Å². The normalized spacial score (nSPS) is 11.5. The number of anilines is 3. The molecule has 0 N–H and O–H groups in total. The predicted molar refractivity (Wildman–Crippen MR) is 243 cm³/mol. The fraction of sp³-hybridized carbons (Fsp3) is 0. The summed E-state index contributed by atoms with van der Waals surface area (Å²) in [6.07, 6.45) is 0. The maximum Gasteiger partial charge on any atom is 0.143 e. The van der Waals surface area contributed by atoms with Crippen molar-refractivity contribution in [1.82, 2.24) is 0 Å². The summed E-state index contributed by atoms with van der Waals surface area (Å²) in [6, 6.07) is 76.2. The largest absolute Gasteiger partial charge is 0.455 e. The van der Waals surface area contributed by atoms with Crippen LogP contribution in [0.5, 0.6) is 0 Å². The van der Waals surface area contributed by atoms with Crippen LogP contribution >= 0.6 is 11.3 Å². The molecule has 9 aromatic carbocycles. The second kappa shape index (κ2) is 13.8. The highest BCUT2D eigenvalue weighted by Crippen LogP contribution is 2.43. The van der Waals surface area contributed by atoms with Crippen LogP contribution in [0.25, 0.3) is 86.6 Å². The minimum atomic E-state index is 0.906. The Labute approximate surface area is 335 Å². The first-order chi connectivity index (χ1) is 28.3. The molecule has 268 valence electrons. The minimum Gasteiger partial charge on any atom is -0.455 e. The zero-order valence-corrected chi connectivity index (χ0v) is 31.8. The topological polar surface area (TPSA) is 16.4 Å². The summed E-state index contributed by atoms with van der Waals surface area (Å²) in [6.45, 7) is 0. The van der Waals surface area contributed by atoms with Crippen LogP contribution in [0.2, 0.25) is 0 Å². The third-order valence-electron chi connectivity index (χ3n) is 11.1. The molecular weight excluding hydrogens is 711 g/mol. The van der Waals surface area contributed by atoms with Crippen LogP contribution in [0.15, 0.2) is 217 Å². The van der Waals surface area contributed by atoms with Gasteiger partial charge in [-0.15, -0.1) is 11.3 Å². The van der Waals surface area contributed by atoms with Gasteiger partial charge in [-0.2, -0.15) is 0 Å². The maximum absolute atomic E-state index is 6.48. The quantitative estimate of drug-likeness (QED) is 0.162. The fourth-order valence-corrected chi connectivity index (χ4v) is 9.60. The molecule has 0 saturated carbocycles. The summed E-state index contributed by atoms with van der Waals surface area (Å²) in [4.78, 5) is 2.35. The highest BCUT2D eigenvalue weighted by atomic mass is 32.1. The first-order valence-corrected chi connectivity index (χ1v) is 20.1. The van der Waals surface area contributed by atoms with E-state index >= 15 is 0 Å². The van der Waals surface area contributed by atoms with Crippen LogP contribution in [0.1, 0.15) is 0 Å². The Morgan fingerprint density at radius 2 is 0.807 bits per heavy atom. The molecule has 0 radical (unpaired) electrons. The molecular formula is C54H35NOS. The van der Waals surface area contributed by atoms with Gasteiger partial charge in [-0.05, 0) is 87.5 Å². The lowest BCUT2D eigenvalue weighted by Gasteiger charge is -2.26. The Bertz CT molecular complexity index is 3210. The van der Waals surface area contributed by atoms with Crippen molar-refractivity contribution in [2.75, 3.05) is 4.90 Å². The van der Waals surface area contributed by atoms with Crippen molar-refractivity contribution in [3.63, 3.8) is 0 Å². The summed E-state index contributed by atoms with van der Waals surface area (Å²) >= 11 is 1.87. The minimum absolute atomic E-state index is 0.906. The van der Waals surface area contributed by atoms with E-state index in [1.165, 1.54) is 42.4 Å². The van der Waals surface area contributed by atoms with Crippen molar-refractivity contribution < 1.29 is 4.42 Å². The number of benzene rings is 9. The highest BCUT2D eigenvalue weighted by Gasteiger charge is 2.18. The van der Waals surface area contributed by atoms with Gasteiger partial charge in [-0.25, -0.2) is 0 Å². The number of fused-ring (bicyclic) bond motifs is 6. The number of hydrogen-bond acceptors (Lipinski definition) is 3. The molecule has 2 aromatic heterocycles. The van der Waals surface area contributed by atoms with E-state index in [1.807, 2.05) is 23.5 Å². The van der Waals surface area contributed by atoms with Gasteiger partial charge in [0, 0.05) is 53.6 Å². The van der Waals surface area contributed by atoms with E-state index in [0.717, 1.165) is 61.3 Å². The maximum atomic E-state index is 6.48. The Kier molecular flexibility index (Phi) is 8.04. The molecule has 0 aliphatic heterocycles. The third-order valence-corrected chi connectivity index (χ3v) is 12.4. The Hall–Kier alpha value is -7.20. The predicted octanol–water partition coefficient (Wildman–Crippen LogP) is 16.1. The molecule has 0 bridgehead atoms. The van der Waals surface area contributed by atoms with Crippen molar-refractivity contribution in [1.29, 1.82) is 0 Å². The van der Waals surface area contributed by atoms with Crippen LogP contribution in [0.4, 0.5) is 17.1 Å². The molecule has 3 heteroatoms. The molecule has 0 fully saturated rings. The third kappa shape index (κ3) is 5.80. The molecule has 11 rings (SSSR count). The average molecular weight is 746 g/mol. The molecule has 57 heavy (non-hydrogen) atoms. The van der Waals surface area contributed by atoms with E-state index in [9.17, 15) is 0 Å². The molecule has 0 amide bonds. The molecule has 0 saturated heterocycles. The number of furan rings is 1. The van der Waals surface area contributed by atoms with Gasteiger partial charge < -0.3 is 9.32 Å².